The molecule has 0 radical (unpaired) electrons. The number of hydrogen-bond donors (Lipinski definition) is 0. The molecule has 208 valence electrons. The summed E-state index contributed by atoms with van der Waals surface area (Å²) >= 11 is -2.75. The largest absolute Gasteiger partial charge is 1.00 e. The predicted octanol–water partition coefficient (Wildman–Crippen LogP) is 3.65. The topological polar surface area (TPSA) is 0 Å². The molecule has 5 aromatic rings. The molecule has 2 aliphatic rings. The third kappa shape index (κ3) is 5.15. The van der Waals surface area contributed by atoms with Crippen molar-refractivity contribution in [2.45, 2.75) is 34.9 Å². The van der Waals surface area contributed by atoms with Gasteiger partial charge in [-0.05, 0) is 0 Å². The first-order chi connectivity index (χ1) is 19.5. The van der Waals surface area contributed by atoms with Crippen molar-refractivity contribution in [2.75, 3.05) is 0 Å². The van der Waals surface area contributed by atoms with Crippen LogP contribution in [0, 0.1) is 27.7 Å². The number of benzene rings is 5. The molecule has 0 saturated carbocycles. The Morgan fingerprint density at radius 1 is 0.571 bits per heavy atom. The number of allylic oxidation sites excluding steroid dienone is 1. The van der Waals surface area contributed by atoms with E-state index in [4.69, 9.17) is 0 Å². The van der Waals surface area contributed by atoms with Crippen LogP contribution in [-0.4, -0.2) is 3.21 Å². The Morgan fingerprint density at radius 2 is 1.07 bits per heavy atom. The summed E-state index contributed by atoms with van der Waals surface area (Å²) in [6, 6.07) is 41.6. The average Bonchev–Trinajstić information content (AvgIpc) is 3.55. The van der Waals surface area contributed by atoms with E-state index in [1.807, 2.05) is 0 Å². The van der Waals surface area contributed by atoms with Gasteiger partial charge in [-0.2, -0.15) is 0 Å². The summed E-state index contributed by atoms with van der Waals surface area (Å²) in [7, 11) is 0. The summed E-state index contributed by atoms with van der Waals surface area (Å²) in [6.07, 6.45) is 5.04. The quantitative estimate of drug-likeness (QED) is 0.276. The van der Waals surface area contributed by atoms with Crippen molar-refractivity contribution in [1.29, 1.82) is 0 Å². The molecule has 0 N–H and O–H groups in total. The summed E-state index contributed by atoms with van der Waals surface area (Å²) < 4.78 is 2.51. The van der Waals surface area contributed by atoms with Gasteiger partial charge in [0.1, 0.15) is 0 Å². The Morgan fingerprint density at radius 3 is 1.60 bits per heavy atom. The van der Waals surface area contributed by atoms with Crippen molar-refractivity contribution in [3.8, 4) is 11.1 Å². The van der Waals surface area contributed by atoms with Crippen molar-refractivity contribution >= 4 is 9.28 Å². The van der Waals surface area contributed by atoms with Crippen LogP contribution >= 0.6 is 0 Å². The van der Waals surface area contributed by atoms with E-state index in [1.165, 1.54) is 50.1 Å². The van der Waals surface area contributed by atoms with Crippen molar-refractivity contribution < 1.29 is 46.1 Å². The summed E-state index contributed by atoms with van der Waals surface area (Å²) in [6.45, 7) is 9.12. The molecule has 0 saturated heterocycles. The van der Waals surface area contributed by atoms with E-state index in [0.717, 1.165) is 0 Å². The zero-order valence-corrected chi connectivity index (χ0v) is 28.4. The van der Waals surface area contributed by atoms with Gasteiger partial charge >= 0.3 is 248 Å². The molecule has 42 heavy (non-hydrogen) atoms. The number of fused-ring (bicyclic) bond motifs is 4. The normalized spacial score (nSPS) is 14.1. The Labute approximate surface area is 270 Å². The van der Waals surface area contributed by atoms with Crippen LogP contribution in [0.4, 0.5) is 0 Å². The first-order valence-corrected chi connectivity index (χ1v) is 18.4. The minimum Gasteiger partial charge on any atom is -1.00 e. The van der Waals surface area contributed by atoms with Crippen LogP contribution in [0.15, 0.2) is 115 Å². The van der Waals surface area contributed by atoms with E-state index < -0.39 is 21.3 Å². The molecule has 0 aromatic heterocycles. The molecular weight excluding hydrogens is 631 g/mol. The minimum atomic E-state index is -2.75. The van der Waals surface area contributed by atoms with Crippen molar-refractivity contribution in [3.05, 3.63) is 171 Å². The molecule has 0 aliphatic heterocycles. The molecule has 1 unspecified atom stereocenters. The van der Waals surface area contributed by atoms with Gasteiger partial charge < -0.3 is 24.8 Å². The third-order valence-corrected chi connectivity index (χ3v) is 17.6. The molecule has 0 heterocycles. The molecule has 0 nitrogen and oxygen atoms in total. The smallest absolute Gasteiger partial charge is 1.00 e. The summed E-state index contributed by atoms with van der Waals surface area (Å²) in [5.74, 6) is 0. The number of aryl methyl sites for hydroxylation is 4. The van der Waals surface area contributed by atoms with Crippen molar-refractivity contribution in [1.82, 2.24) is 0 Å². The fourth-order valence-electron chi connectivity index (χ4n) is 7.06. The van der Waals surface area contributed by atoms with Crippen LogP contribution in [-0.2, 0) is 21.3 Å². The van der Waals surface area contributed by atoms with E-state index in [1.54, 1.807) is 19.9 Å². The zero-order chi connectivity index (χ0) is 27.4. The van der Waals surface area contributed by atoms with Crippen LogP contribution in [0.2, 0.25) is 0 Å². The van der Waals surface area contributed by atoms with Gasteiger partial charge in [0.15, 0.2) is 0 Å². The van der Waals surface area contributed by atoms with E-state index in [0.29, 0.717) is 7.25 Å². The number of hydrogen-bond acceptors (Lipinski definition) is 0. The molecule has 0 amide bonds. The number of halogens is 2. The monoisotopic (exact) mass is 662 g/mol. The second-order valence-electron chi connectivity index (χ2n) is 11.5. The van der Waals surface area contributed by atoms with Crippen LogP contribution < -0.4 is 24.8 Å². The summed E-state index contributed by atoms with van der Waals surface area (Å²) in [5, 5.41) is 0. The molecule has 0 spiro atoms. The molecule has 5 aromatic carbocycles. The van der Waals surface area contributed by atoms with Gasteiger partial charge in [0.05, 0.1) is 0 Å². The number of rotatable bonds is 4. The summed E-state index contributed by atoms with van der Waals surface area (Å²) in [4.78, 5) is 0. The second kappa shape index (κ2) is 12.4. The molecule has 0 bridgehead atoms. The second-order valence-corrected chi connectivity index (χ2v) is 18.0. The van der Waals surface area contributed by atoms with E-state index in [2.05, 4.69) is 149 Å². The molecule has 3 heteroatoms. The molecular formula is C39H34Cl2Zr. The average molecular weight is 665 g/mol. The van der Waals surface area contributed by atoms with Gasteiger partial charge in [-0.25, -0.2) is 0 Å². The molecule has 0 fully saturated rings. The maximum atomic E-state index is 2.59. The SMILES string of the molecule is Cc1ccc2c(c1)[CH]([Zr+2](=[C](c1ccccc1)c1ccccc1)[CH]1C=Cc3c(C)ccc(C)c31)c1cc(C)ccc1-2.[Cl-].[Cl-]. The standard InChI is InChI=1S/C15H13.C13H10.C11H11.2ClH.Zr/c1-10-3-5-14-12(7-10)9-13-8-11(2)4-6-15(13)14;1-3-7-12(8-4-1)11-13-9-5-2-6-10-13;1-8-6-7-9(2)11-5-3-4-10(8)11;;;/h3-9H,1-2H3;1-10H;3-7H,1-2H3;2*1H;/q;;;;;+2/p-2. The van der Waals surface area contributed by atoms with Crippen LogP contribution in [0.5, 0.6) is 0 Å². The van der Waals surface area contributed by atoms with Gasteiger partial charge in [0, 0.05) is 0 Å². The van der Waals surface area contributed by atoms with Crippen LogP contribution in [0.25, 0.3) is 17.2 Å². The fraction of sp³-hybridized carbons (Fsp3) is 0.154. The summed E-state index contributed by atoms with van der Waals surface area (Å²) in [5.41, 5.74) is 17.3. The zero-order valence-electron chi connectivity index (χ0n) is 24.5. The van der Waals surface area contributed by atoms with E-state index >= 15 is 0 Å². The molecule has 1 atom stereocenters. The maximum Gasteiger partial charge on any atom is -1.00 e. The van der Waals surface area contributed by atoms with E-state index in [9.17, 15) is 0 Å². The van der Waals surface area contributed by atoms with Crippen molar-refractivity contribution in [3.63, 3.8) is 0 Å². The molecule has 7 rings (SSSR count). The third-order valence-electron chi connectivity index (χ3n) is 8.88. The first kappa shape index (κ1) is 30.6. The Balaban J connectivity index is 0.00000176. The van der Waals surface area contributed by atoms with Gasteiger partial charge in [-0.15, -0.1) is 0 Å². The predicted molar refractivity (Wildman–Crippen MR) is 167 cm³/mol. The van der Waals surface area contributed by atoms with Crippen LogP contribution in [0.3, 0.4) is 0 Å². The Kier molecular flexibility index (Phi) is 9.06. The van der Waals surface area contributed by atoms with Crippen LogP contribution in [0.1, 0.15) is 62.9 Å². The first-order valence-electron chi connectivity index (χ1n) is 14.4. The molecule has 2 aliphatic carbocycles. The Hall–Kier alpha value is -2.83. The Bertz CT molecular complexity index is 1740. The maximum absolute atomic E-state index is 2.75. The van der Waals surface area contributed by atoms with Crippen molar-refractivity contribution in [2.24, 2.45) is 0 Å². The van der Waals surface area contributed by atoms with E-state index in [-0.39, 0.29) is 24.8 Å². The fourth-order valence-corrected chi connectivity index (χ4v) is 17.1. The van der Waals surface area contributed by atoms with Gasteiger partial charge in [0.25, 0.3) is 0 Å². The minimum absolute atomic E-state index is 0. The van der Waals surface area contributed by atoms with Gasteiger partial charge in [-0.1, -0.05) is 0 Å². The van der Waals surface area contributed by atoms with Gasteiger partial charge in [0.2, 0.25) is 0 Å². The van der Waals surface area contributed by atoms with Gasteiger partial charge in [-0.3, -0.25) is 0 Å².